The zero-order valence-corrected chi connectivity index (χ0v) is 12.8. The van der Waals surface area contributed by atoms with Gasteiger partial charge in [-0.15, -0.1) is 0 Å². The molecule has 0 spiro atoms. The van der Waals surface area contributed by atoms with Crippen LogP contribution in [0.4, 0.5) is 0 Å². The zero-order chi connectivity index (χ0) is 13.1. The molecule has 0 radical (unpaired) electrons. The van der Waals surface area contributed by atoms with Gasteiger partial charge in [0.05, 0.1) is 0 Å². The molecule has 1 atom stereocenters. The van der Waals surface area contributed by atoms with Gasteiger partial charge in [0, 0.05) is 24.7 Å². The van der Waals surface area contributed by atoms with Crippen LogP contribution in [-0.2, 0) is 0 Å². The third-order valence-corrected chi connectivity index (χ3v) is 4.12. The molecule has 0 saturated carbocycles. The minimum absolute atomic E-state index is 0.315. The average molecular weight is 240 g/mol. The molecule has 1 saturated heterocycles. The van der Waals surface area contributed by atoms with Crippen molar-refractivity contribution in [1.29, 1.82) is 0 Å². The molecule has 1 aliphatic rings. The maximum absolute atomic E-state index is 3.73. The lowest BCUT2D eigenvalue weighted by atomic mass is 9.83. The van der Waals surface area contributed by atoms with Gasteiger partial charge in [-0.25, -0.2) is 0 Å². The Morgan fingerprint density at radius 3 is 2.41 bits per heavy atom. The van der Waals surface area contributed by atoms with Crippen LogP contribution in [0.15, 0.2) is 0 Å². The predicted octanol–water partition coefficient (Wildman–Crippen LogP) is 3.28. The summed E-state index contributed by atoms with van der Waals surface area (Å²) in [7, 11) is 0. The molecule has 2 heteroatoms. The molecular weight excluding hydrogens is 208 g/mol. The van der Waals surface area contributed by atoms with Crippen LogP contribution in [0.2, 0.25) is 0 Å². The van der Waals surface area contributed by atoms with E-state index in [4.69, 9.17) is 0 Å². The Morgan fingerprint density at radius 2 is 1.88 bits per heavy atom. The third kappa shape index (κ3) is 4.26. The first-order valence-electron chi connectivity index (χ1n) is 7.26. The molecule has 0 bridgehead atoms. The molecule has 0 amide bonds. The monoisotopic (exact) mass is 240 g/mol. The molecule has 1 aliphatic heterocycles. The van der Waals surface area contributed by atoms with Crippen LogP contribution in [-0.4, -0.2) is 36.1 Å². The lowest BCUT2D eigenvalue weighted by molar-refractivity contribution is 0.0348. The molecule has 0 aromatic heterocycles. The Labute approximate surface area is 108 Å². The molecule has 1 N–H and O–H groups in total. The van der Waals surface area contributed by atoms with Gasteiger partial charge >= 0.3 is 0 Å². The Bertz CT molecular complexity index is 228. The minimum atomic E-state index is 0.315. The van der Waals surface area contributed by atoms with Crippen LogP contribution in [0.25, 0.3) is 0 Å². The fourth-order valence-electron chi connectivity index (χ4n) is 2.54. The van der Waals surface area contributed by atoms with Crippen LogP contribution in [0.5, 0.6) is 0 Å². The second-order valence-electron chi connectivity index (χ2n) is 7.27. The van der Waals surface area contributed by atoms with Crippen molar-refractivity contribution in [3.63, 3.8) is 0 Å². The van der Waals surface area contributed by atoms with Crippen molar-refractivity contribution in [3.05, 3.63) is 0 Å². The molecule has 102 valence electrons. The summed E-state index contributed by atoms with van der Waals surface area (Å²) in [5.41, 5.74) is 0.676. The number of unbranched alkanes of at least 4 members (excludes halogenated alkanes) is 2. The van der Waals surface area contributed by atoms with Gasteiger partial charge < -0.3 is 5.32 Å². The molecule has 1 rings (SSSR count). The van der Waals surface area contributed by atoms with E-state index in [0.717, 1.165) is 6.54 Å². The summed E-state index contributed by atoms with van der Waals surface area (Å²) >= 11 is 0. The van der Waals surface area contributed by atoms with Gasteiger partial charge in [0.15, 0.2) is 0 Å². The van der Waals surface area contributed by atoms with E-state index in [0.29, 0.717) is 17.0 Å². The molecule has 0 aromatic rings. The Morgan fingerprint density at radius 1 is 1.24 bits per heavy atom. The molecule has 2 nitrogen and oxygen atoms in total. The van der Waals surface area contributed by atoms with Gasteiger partial charge in [0.25, 0.3) is 0 Å². The SMILES string of the molecule is CCCCCN1CC(C(C)(C)C)NCC1(C)C. The standard InChI is InChI=1S/C15H32N2/c1-7-8-9-10-17-11-13(14(2,3)4)16-12-15(17,5)6/h13,16H,7-12H2,1-6H3. The normalized spacial score (nSPS) is 26.1. The maximum Gasteiger partial charge on any atom is 0.0278 e. The molecule has 0 aromatic carbocycles. The van der Waals surface area contributed by atoms with Gasteiger partial charge in [-0.1, -0.05) is 40.5 Å². The first kappa shape index (κ1) is 15.0. The summed E-state index contributed by atoms with van der Waals surface area (Å²) in [5, 5.41) is 3.73. The minimum Gasteiger partial charge on any atom is -0.310 e. The Kier molecular flexibility index (Phi) is 5.03. The number of rotatable bonds is 4. The first-order chi connectivity index (χ1) is 7.77. The average Bonchev–Trinajstić information content (AvgIpc) is 2.18. The van der Waals surface area contributed by atoms with E-state index < -0.39 is 0 Å². The summed E-state index contributed by atoms with van der Waals surface area (Å²) in [4.78, 5) is 2.69. The van der Waals surface area contributed by atoms with Crippen molar-refractivity contribution in [2.24, 2.45) is 5.41 Å². The highest BCUT2D eigenvalue weighted by Gasteiger charge is 2.37. The van der Waals surface area contributed by atoms with Gasteiger partial charge in [0.2, 0.25) is 0 Å². The highest BCUT2D eigenvalue weighted by Crippen LogP contribution is 2.27. The van der Waals surface area contributed by atoms with Gasteiger partial charge in [-0.2, -0.15) is 0 Å². The lowest BCUT2D eigenvalue weighted by Gasteiger charge is -2.49. The van der Waals surface area contributed by atoms with E-state index >= 15 is 0 Å². The van der Waals surface area contributed by atoms with E-state index in [1.54, 1.807) is 0 Å². The summed E-state index contributed by atoms with van der Waals surface area (Å²) in [6, 6.07) is 0.622. The zero-order valence-electron chi connectivity index (χ0n) is 12.8. The second-order valence-corrected chi connectivity index (χ2v) is 7.27. The number of hydrogen-bond donors (Lipinski definition) is 1. The number of piperazine rings is 1. The summed E-state index contributed by atoms with van der Waals surface area (Å²) in [5.74, 6) is 0. The number of hydrogen-bond acceptors (Lipinski definition) is 2. The fraction of sp³-hybridized carbons (Fsp3) is 1.00. The third-order valence-electron chi connectivity index (χ3n) is 4.12. The molecular formula is C15H32N2. The number of nitrogens with one attached hydrogen (secondary N) is 1. The van der Waals surface area contributed by atoms with Crippen LogP contribution in [0.1, 0.15) is 60.8 Å². The summed E-state index contributed by atoms with van der Waals surface area (Å²) in [6.45, 7) is 17.6. The smallest absolute Gasteiger partial charge is 0.0278 e. The van der Waals surface area contributed by atoms with Crippen LogP contribution in [0.3, 0.4) is 0 Å². The van der Waals surface area contributed by atoms with Crippen molar-refractivity contribution in [1.82, 2.24) is 10.2 Å². The first-order valence-corrected chi connectivity index (χ1v) is 7.26. The topological polar surface area (TPSA) is 15.3 Å². The molecule has 1 unspecified atom stereocenters. The maximum atomic E-state index is 3.73. The molecule has 0 aliphatic carbocycles. The van der Waals surface area contributed by atoms with Crippen molar-refractivity contribution in [2.75, 3.05) is 19.6 Å². The van der Waals surface area contributed by atoms with Crippen molar-refractivity contribution >= 4 is 0 Å². The number of nitrogens with zero attached hydrogens (tertiary/aromatic N) is 1. The Hall–Kier alpha value is -0.0800. The van der Waals surface area contributed by atoms with E-state index in [9.17, 15) is 0 Å². The van der Waals surface area contributed by atoms with E-state index in [1.807, 2.05) is 0 Å². The molecule has 1 heterocycles. The van der Waals surface area contributed by atoms with Crippen LogP contribution in [0, 0.1) is 5.41 Å². The van der Waals surface area contributed by atoms with Gasteiger partial charge in [-0.05, 0) is 32.2 Å². The van der Waals surface area contributed by atoms with Crippen molar-refractivity contribution in [3.8, 4) is 0 Å². The highest BCUT2D eigenvalue weighted by molar-refractivity contribution is 4.96. The van der Waals surface area contributed by atoms with Crippen LogP contribution >= 0.6 is 0 Å². The van der Waals surface area contributed by atoms with Crippen LogP contribution < -0.4 is 5.32 Å². The summed E-state index contributed by atoms with van der Waals surface area (Å²) in [6.07, 6.45) is 4.02. The van der Waals surface area contributed by atoms with E-state index in [-0.39, 0.29) is 0 Å². The van der Waals surface area contributed by atoms with E-state index in [1.165, 1.54) is 32.4 Å². The summed E-state index contributed by atoms with van der Waals surface area (Å²) < 4.78 is 0. The predicted molar refractivity (Wildman–Crippen MR) is 76.4 cm³/mol. The fourth-order valence-corrected chi connectivity index (χ4v) is 2.54. The Balaban J connectivity index is 2.56. The largest absolute Gasteiger partial charge is 0.310 e. The van der Waals surface area contributed by atoms with Crippen molar-refractivity contribution in [2.45, 2.75) is 72.4 Å². The van der Waals surface area contributed by atoms with E-state index in [2.05, 4.69) is 51.8 Å². The lowest BCUT2D eigenvalue weighted by Crippen LogP contribution is -2.64. The van der Waals surface area contributed by atoms with Gasteiger partial charge in [-0.3, -0.25) is 4.90 Å². The molecule has 17 heavy (non-hydrogen) atoms. The second kappa shape index (κ2) is 5.71. The molecule has 1 fully saturated rings. The quantitative estimate of drug-likeness (QED) is 0.759. The van der Waals surface area contributed by atoms with Gasteiger partial charge in [0.1, 0.15) is 0 Å². The van der Waals surface area contributed by atoms with Crippen molar-refractivity contribution < 1.29 is 0 Å². The highest BCUT2D eigenvalue weighted by atomic mass is 15.3.